The maximum Gasteiger partial charge on any atom is 0.331 e. The van der Waals surface area contributed by atoms with Crippen LogP contribution in [0.3, 0.4) is 0 Å². The maximum absolute atomic E-state index is 11.5. The number of carbonyl (C=O) groups is 1. The molecule has 16 heavy (non-hydrogen) atoms. The summed E-state index contributed by atoms with van der Waals surface area (Å²) in [7, 11) is 0. The van der Waals surface area contributed by atoms with Gasteiger partial charge < -0.3 is 3.07 Å². The van der Waals surface area contributed by atoms with Gasteiger partial charge in [-0.1, -0.05) is 54.3 Å². The number of carbonyl (C=O) groups excluding carboxylic acids is 1. The molecule has 0 bridgehead atoms. The van der Waals surface area contributed by atoms with E-state index in [1.54, 1.807) is 36.9 Å². The highest BCUT2D eigenvalue weighted by molar-refractivity contribution is 14.1. The van der Waals surface area contributed by atoms with Crippen LogP contribution in [0.5, 0.6) is 0 Å². The van der Waals surface area contributed by atoms with E-state index >= 15 is 0 Å². The molecule has 0 fully saturated rings. The molecule has 2 nitrogen and oxygen atoms in total. The first-order valence-electron chi connectivity index (χ1n) is 4.59. The van der Waals surface area contributed by atoms with Gasteiger partial charge in [-0.05, 0) is 19.4 Å². The highest BCUT2D eigenvalue weighted by Gasteiger charge is 2.31. The standard InChI is InChI=1S/C11H11IO2S2/c1-11(2,10(13)14-12)16-9(15)8-6-4-3-5-7-8/h3-7H,1-2H3. The van der Waals surface area contributed by atoms with E-state index in [0.29, 0.717) is 4.20 Å². The van der Waals surface area contributed by atoms with Gasteiger partial charge in [-0.25, -0.2) is 4.79 Å². The second-order valence-electron chi connectivity index (χ2n) is 3.63. The number of hydrogen-bond acceptors (Lipinski definition) is 4. The Balaban J connectivity index is 2.76. The molecular formula is C11H11IO2S2. The van der Waals surface area contributed by atoms with Crippen molar-refractivity contribution in [3.63, 3.8) is 0 Å². The van der Waals surface area contributed by atoms with Crippen LogP contribution in [0.2, 0.25) is 0 Å². The summed E-state index contributed by atoms with van der Waals surface area (Å²) in [6.07, 6.45) is 0. The first-order valence-corrected chi connectivity index (χ1v) is 6.69. The molecule has 0 aliphatic carbocycles. The van der Waals surface area contributed by atoms with Crippen molar-refractivity contribution >= 4 is 57.2 Å². The molecule has 1 aromatic carbocycles. The number of benzene rings is 1. The number of rotatable bonds is 3. The van der Waals surface area contributed by atoms with Crippen LogP contribution in [0.4, 0.5) is 0 Å². The van der Waals surface area contributed by atoms with E-state index in [-0.39, 0.29) is 5.97 Å². The lowest BCUT2D eigenvalue weighted by molar-refractivity contribution is -0.133. The summed E-state index contributed by atoms with van der Waals surface area (Å²) in [6, 6.07) is 9.64. The van der Waals surface area contributed by atoms with Gasteiger partial charge in [-0.15, -0.1) is 0 Å². The molecule has 0 aliphatic rings. The van der Waals surface area contributed by atoms with E-state index in [1.807, 2.05) is 30.3 Å². The van der Waals surface area contributed by atoms with Crippen molar-refractivity contribution in [2.24, 2.45) is 0 Å². The zero-order valence-electron chi connectivity index (χ0n) is 8.90. The van der Waals surface area contributed by atoms with Gasteiger partial charge in [-0.3, -0.25) is 0 Å². The van der Waals surface area contributed by atoms with Crippen LogP contribution in [0, 0.1) is 0 Å². The van der Waals surface area contributed by atoms with Crippen LogP contribution >= 0.6 is 47.0 Å². The highest BCUT2D eigenvalue weighted by Crippen LogP contribution is 2.30. The number of hydrogen-bond donors (Lipinski definition) is 0. The first kappa shape index (κ1) is 13.9. The van der Waals surface area contributed by atoms with E-state index < -0.39 is 4.75 Å². The Kier molecular flexibility index (Phi) is 5.20. The fourth-order valence-corrected chi connectivity index (χ4v) is 3.30. The average molecular weight is 366 g/mol. The molecule has 1 rings (SSSR count). The van der Waals surface area contributed by atoms with Crippen molar-refractivity contribution in [2.45, 2.75) is 18.6 Å². The van der Waals surface area contributed by atoms with Crippen molar-refractivity contribution in [3.8, 4) is 0 Å². The molecule has 86 valence electrons. The van der Waals surface area contributed by atoms with Crippen molar-refractivity contribution in [3.05, 3.63) is 35.9 Å². The van der Waals surface area contributed by atoms with Gasteiger partial charge in [-0.2, -0.15) is 0 Å². The van der Waals surface area contributed by atoms with Crippen LogP contribution in [-0.4, -0.2) is 14.9 Å². The van der Waals surface area contributed by atoms with E-state index in [4.69, 9.17) is 15.3 Å². The van der Waals surface area contributed by atoms with Gasteiger partial charge in [0.05, 0.1) is 4.20 Å². The molecule has 0 radical (unpaired) electrons. The minimum atomic E-state index is -0.659. The predicted molar refractivity (Wildman–Crippen MR) is 79.9 cm³/mol. The molecule has 0 N–H and O–H groups in total. The molecule has 0 saturated heterocycles. The van der Waals surface area contributed by atoms with E-state index in [9.17, 15) is 4.79 Å². The highest BCUT2D eigenvalue weighted by atomic mass is 127. The summed E-state index contributed by atoms with van der Waals surface area (Å²) in [5, 5.41) is 0. The lowest BCUT2D eigenvalue weighted by atomic mass is 10.2. The van der Waals surface area contributed by atoms with E-state index in [0.717, 1.165) is 5.56 Å². The summed E-state index contributed by atoms with van der Waals surface area (Å²) in [5.74, 6) is -0.281. The summed E-state index contributed by atoms with van der Waals surface area (Å²) in [6.45, 7) is 3.60. The topological polar surface area (TPSA) is 26.3 Å². The third-order valence-electron chi connectivity index (χ3n) is 1.92. The second kappa shape index (κ2) is 5.97. The average Bonchev–Trinajstić information content (AvgIpc) is 2.28. The fourth-order valence-electron chi connectivity index (χ4n) is 0.999. The SMILES string of the molecule is CC(C)(SC(=S)c1ccccc1)C(=O)OI. The van der Waals surface area contributed by atoms with Crippen LogP contribution in [-0.2, 0) is 7.86 Å². The van der Waals surface area contributed by atoms with Crippen LogP contribution in [0.25, 0.3) is 0 Å². The van der Waals surface area contributed by atoms with Gasteiger partial charge in [0.15, 0.2) is 23.0 Å². The van der Waals surface area contributed by atoms with Gasteiger partial charge in [0, 0.05) is 0 Å². The zero-order valence-corrected chi connectivity index (χ0v) is 12.7. The van der Waals surface area contributed by atoms with Crippen molar-refractivity contribution in [1.82, 2.24) is 0 Å². The normalized spacial score (nSPS) is 10.9. The Labute approximate surface area is 119 Å². The summed E-state index contributed by atoms with van der Waals surface area (Å²) >= 11 is 8.22. The quantitative estimate of drug-likeness (QED) is 0.601. The lowest BCUT2D eigenvalue weighted by Gasteiger charge is -2.20. The van der Waals surface area contributed by atoms with Crippen molar-refractivity contribution in [1.29, 1.82) is 0 Å². The molecule has 0 saturated carbocycles. The summed E-state index contributed by atoms with van der Waals surface area (Å²) in [5.41, 5.74) is 0.955. The van der Waals surface area contributed by atoms with Gasteiger partial charge in [0.25, 0.3) is 0 Å². The van der Waals surface area contributed by atoms with Gasteiger partial charge in [0.2, 0.25) is 0 Å². The third kappa shape index (κ3) is 3.71. The third-order valence-corrected chi connectivity index (χ3v) is 3.90. The predicted octanol–water partition coefficient (Wildman–Crippen LogP) is 3.77. The van der Waals surface area contributed by atoms with E-state index in [1.165, 1.54) is 11.8 Å². The number of thiocarbonyl (C=S) groups is 1. The molecule has 1 aromatic rings. The summed E-state index contributed by atoms with van der Waals surface area (Å²) < 4.78 is 4.75. The van der Waals surface area contributed by atoms with Gasteiger partial charge >= 0.3 is 5.97 Å². The van der Waals surface area contributed by atoms with Crippen molar-refractivity contribution < 1.29 is 7.86 Å². The smallest absolute Gasteiger partial charge is 0.331 e. The Hall–Kier alpha value is -0.140. The lowest BCUT2D eigenvalue weighted by Crippen LogP contribution is -2.29. The largest absolute Gasteiger partial charge is 0.393 e. The molecule has 0 spiro atoms. The molecule has 0 heterocycles. The monoisotopic (exact) mass is 366 g/mol. The minimum Gasteiger partial charge on any atom is -0.393 e. The molecule has 0 aromatic heterocycles. The Morgan fingerprint density at radius 2 is 1.94 bits per heavy atom. The van der Waals surface area contributed by atoms with Gasteiger partial charge in [0.1, 0.15) is 4.75 Å². The zero-order chi connectivity index (χ0) is 12.2. The Morgan fingerprint density at radius 3 is 2.44 bits per heavy atom. The van der Waals surface area contributed by atoms with Crippen LogP contribution < -0.4 is 0 Å². The minimum absolute atomic E-state index is 0.281. The molecule has 0 aliphatic heterocycles. The Bertz CT molecular complexity index is 390. The molecule has 0 amide bonds. The molecular weight excluding hydrogens is 355 g/mol. The number of thioether (sulfide) groups is 1. The molecule has 0 unspecified atom stereocenters. The molecule has 5 heteroatoms. The Morgan fingerprint density at radius 1 is 1.38 bits per heavy atom. The van der Waals surface area contributed by atoms with Crippen LogP contribution in [0.15, 0.2) is 30.3 Å². The van der Waals surface area contributed by atoms with Crippen LogP contribution in [0.1, 0.15) is 19.4 Å². The summed E-state index contributed by atoms with van der Waals surface area (Å²) in [4.78, 5) is 11.5. The first-order chi connectivity index (χ1) is 7.47. The van der Waals surface area contributed by atoms with E-state index in [2.05, 4.69) is 0 Å². The maximum atomic E-state index is 11.5. The fraction of sp³-hybridized carbons (Fsp3) is 0.273. The van der Waals surface area contributed by atoms with Crippen molar-refractivity contribution in [2.75, 3.05) is 0 Å². The second-order valence-corrected chi connectivity index (χ2v) is 6.37. The molecule has 0 atom stereocenters. The number of halogens is 1.